The molecule has 2 fully saturated rings. The molecule has 0 radical (unpaired) electrons. The van der Waals surface area contributed by atoms with E-state index in [1.54, 1.807) is 23.1 Å². The van der Waals surface area contributed by atoms with E-state index >= 15 is 0 Å². The number of halogens is 1. The SMILES string of the molecule is O=C(Nc1ccccc1F)N1CCN(c2ccc(N3CCCCCC3)nn2)CC1. The molecule has 0 spiro atoms. The summed E-state index contributed by atoms with van der Waals surface area (Å²) in [5.74, 6) is 1.34. The van der Waals surface area contributed by atoms with E-state index in [9.17, 15) is 9.18 Å². The number of hydrogen-bond acceptors (Lipinski definition) is 5. The number of carbonyl (C=O) groups is 1. The van der Waals surface area contributed by atoms with E-state index in [4.69, 9.17) is 0 Å². The Bertz CT molecular complexity index is 814. The molecule has 154 valence electrons. The van der Waals surface area contributed by atoms with Gasteiger partial charge in [-0.3, -0.25) is 0 Å². The van der Waals surface area contributed by atoms with Gasteiger partial charge in [-0.25, -0.2) is 9.18 Å². The normalized spacial score (nSPS) is 17.8. The number of nitrogens with zero attached hydrogens (tertiary/aromatic N) is 5. The quantitative estimate of drug-likeness (QED) is 0.859. The van der Waals surface area contributed by atoms with Crippen LogP contribution in [0.3, 0.4) is 0 Å². The number of aromatic nitrogens is 2. The van der Waals surface area contributed by atoms with Crippen molar-refractivity contribution < 1.29 is 9.18 Å². The molecule has 0 aliphatic carbocycles. The van der Waals surface area contributed by atoms with Crippen LogP contribution in [0.2, 0.25) is 0 Å². The predicted molar refractivity (Wildman–Crippen MR) is 112 cm³/mol. The first kappa shape index (κ1) is 19.4. The summed E-state index contributed by atoms with van der Waals surface area (Å²) in [5, 5.41) is 11.5. The van der Waals surface area contributed by atoms with Crippen molar-refractivity contribution in [1.29, 1.82) is 0 Å². The molecule has 1 aromatic heterocycles. The molecule has 2 aromatic rings. The van der Waals surface area contributed by atoms with Crippen LogP contribution in [0.4, 0.5) is 26.5 Å². The van der Waals surface area contributed by atoms with Crippen LogP contribution in [-0.2, 0) is 0 Å². The molecule has 2 aliphatic rings. The lowest BCUT2D eigenvalue weighted by Crippen LogP contribution is -2.50. The van der Waals surface area contributed by atoms with E-state index < -0.39 is 5.82 Å². The Morgan fingerprint density at radius 2 is 1.38 bits per heavy atom. The molecule has 1 N–H and O–H groups in total. The number of anilines is 3. The maximum Gasteiger partial charge on any atom is 0.322 e. The van der Waals surface area contributed by atoms with Gasteiger partial charge in [0.25, 0.3) is 0 Å². The lowest BCUT2D eigenvalue weighted by Gasteiger charge is -2.35. The van der Waals surface area contributed by atoms with E-state index in [0.29, 0.717) is 26.2 Å². The lowest BCUT2D eigenvalue weighted by atomic mass is 10.2. The highest BCUT2D eigenvalue weighted by Gasteiger charge is 2.23. The van der Waals surface area contributed by atoms with Crippen molar-refractivity contribution in [3.05, 3.63) is 42.2 Å². The molecule has 3 heterocycles. The van der Waals surface area contributed by atoms with Crippen LogP contribution in [0.1, 0.15) is 25.7 Å². The van der Waals surface area contributed by atoms with Crippen LogP contribution < -0.4 is 15.1 Å². The van der Waals surface area contributed by atoms with Gasteiger partial charge in [0.15, 0.2) is 11.6 Å². The zero-order valence-electron chi connectivity index (χ0n) is 16.6. The van der Waals surface area contributed by atoms with Gasteiger partial charge in [0.05, 0.1) is 5.69 Å². The van der Waals surface area contributed by atoms with Gasteiger partial charge >= 0.3 is 6.03 Å². The first-order valence-electron chi connectivity index (χ1n) is 10.3. The molecule has 8 heteroatoms. The largest absolute Gasteiger partial charge is 0.355 e. The van der Waals surface area contributed by atoms with Crippen LogP contribution in [-0.4, -0.2) is 60.4 Å². The lowest BCUT2D eigenvalue weighted by molar-refractivity contribution is 0.208. The van der Waals surface area contributed by atoms with Crippen LogP contribution in [0, 0.1) is 5.82 Å². The molecule has 2 saturated heterocycles. The molecule has 4 rings (SSSR count). The number of benzene rings is 1. The highest BCUT2D eigenvalue weighted by atomic mass is 19.1. The molecule has 0 unspecified atom stereocenters. The molecular weight excluding hydrogens is 371 g/mol. The van der Waals surface area contributed by atoms with Crippen molar-refractivity contribution in [2.45, 2.75) is 25.7 Å². The van der Waals surface area contributed by atoms with Gasteiger partial charge in [0.1, 0.15) is 5.82 Å². The average molecular weight is 398 g/mol. The Balaban J connectivity index is 1.31. The van der Waals surface area contributed by atoms with E-state index in [-0.39, 0.29) is 11.7 Å². The minimum absolute atomic E-state index is 0.204. The Kier molecular flexibility index (Phi) is 6.07. The summed E-state index contributed by atoms with van der Waals surface area (Å²) < 4.78 is 13.7. The van der Waals surface area contributed by atoms with E-state index in [2.05, 4.69) is 25.3 Å². The molecule has 0 saturated carbocycles. The topological polar surface area (TPSA) is 64.6 Å². The number of piperazine rings is 1. The average Bonchev–Trinajstić information content (AvgIpc) is 3.05. The van der Waals surface area contributed by atoms with Gasteiger partial charge in [-0.15, -0.1) is 10.2 Å². The maximum absolute atomic E-state index is 13.7. The fourth-order valence-corrected chi connectivity index (χ4v) is 3.85. The second-order valence-electron chi connectivity index (χ2n) is 7.54. The van der Waals surface area contributed by atoms with Crippen LogP contribution in [0.15, 0.2) is 36.4 Å². The summed E-state index contributed by atoms with van der Waals surface area (Å²) in [4.78, 5) is 18.5. The summed E-state index contributed by atoms with van der Waals surface area (Å²) in [6, 6.07) is 9.98. The minimum atomic E-state index is -0.431. The Labute approximate surface area is 170 Å². The fraction of sp³-hybridized carbons (Fsp3) is 0.476. The highest BCUT2D eigenvalue weighted by Crippen LogP contribution is 2.20. The summed E-state index contributed by atoms with van der Waals surface area (Å²) in [5.41, 5.74) is 0.204. The number of rotatable bonds is 3. The number of urea groups is 1. The summed E-state index contributed by atoms with van der Waals surface area (Å²) >= 11 is 0. The van der Waals surface area contributed by atoms with Gasteiger partial charge in [0, 0.05) is 39.3 Å². The molecule has 2 amide bonds. The van der Waals surface area contributed by atoms with Crippen molar-refractivity contribution in [2.24, 2.45) is 0 Å². The van der Waals surface area contributed by atoms with Crippen LogP contribution in [0.25, 0.3) is 0 Å². The monoisotopic (exact) mass is 398 g/mol. The fourth-order valence-electron chi connectivity index (χ4n) is 3.85. The van der Waals surface area contributed by atoms with Gasteiger partial charge in [-0.2, -0.15) is 0 Å². The van der Waals surface area contributed by atoms with Gasteiger partial charge in [0.2, 0.25) is 0 Å². The number of carbonyl (C=O) groups excluding carboxylic acids is 1. The van der Waals surface area contributed by atoms with Crippen molar-refractivity contribution in [3.63, 3.8) is 0 Å². The molecular formula is C21H27FN6O. The first-order valence-corrected chi connectivity index (χ1v) is 10.3. The number of amides is 2. The third-order valence-corrected chi connectivity index (χ3v) is 5.57. The smallest absolute Gasteiger partial charge is 0.322 e. The van der Waals surface area contributed by atoms with Crippen molar-refractivity contribution in [1.82, 2.24) is 15.1 Å². The minimum Gasteiger partial charge on any atom is -0.355 e. The van der Waals surface area contributed by atoms with Crippen LogP contribution in [0.5, 0.6) is 0 Å². The Hall–Kier alpha value is -2.90. The molecule has 0 atom stereocenters. The third-order valence-electron chi connectivity index (χ3n) is 5.57. The summed E-state index contributed by atoms with van der Waals surface area (Å²) in [6.45, 7) is 4.53. The van der Waals surface area contributed by atoms with Crippen molar-refractivity contribution >= 4 is 23.4 Å². The number of para-hydroxylation sites is 1. The molecule has 2 aliphatic heterocycles. The van der Waals surface area contributed by atoms with E-state index in [0.717, 1.165) is 24.7 Å². The van der Waals surface area contributed by atoms with Gasteiger partial charge in [-0.1, -0.05) is 25.0 Å². The second kappa shape index (κ2) is 9.07. The number of nitrogens with one attached hydrogen (secondary N) is 1. The highest BCUT2D eigenvalue weighted by molar-refractivity contribution is 5.89. The zero-order chi connectivity index (χ0) is 20.1. The van der Waals surface area contributed by atoms with Crippen molar-refractivity contribution in [2.75, 3.05) is 54.4 Å². The summed E-state index contributed by atoms with van der Waals surface area (Å²) in [7, 11) is 0. The van der Waals surface area contributed by atoms with Gasteiger partial charge < -0.3 is 20.0 Å². The van der Waals surface area contributed by atoms with E-state index in [1.807, 2.05) is 12.1 Å². The zero-order valence-corrected chi connectivity index (χ0v) is 16.6. The first-order chi connectivity index (χ1) is 14.2. The van der Waals surface area contributed by atoms with E-state index in [1.165, 1.54) is 31.7 Å². The molecule has 29 heavy (non-hydrogen) atoms. The molecule has 7 nitrogen and oxygen atoms in total. The molecule has 0 bridgehead atoms. The maximum atomic E-state index is 13.7. The van der Waals surface area contributed by atoms with Gasteiger partial charge in [-0.05, 0) is 37.1 Å². The Morgan fingerprint density at radius 1 is 0.793 bits per heavy atom. The summed E-state index contributed by atoms with van der Waals surface area (Å²) in [6.07, 6.45) is 4.99. The predicted octanol–water partition coefficient (Wildman–Crippen LogP) is 3.35. The van der Waals surface area contributed by atoms with Crippen LogP contribution >= 0.6 is 0 Å². The number of hydrogen-bond donors (Lipinski definition) is 1. The third kappa shape index (κ3) is 4.75. The Morgan fingerprint density at radius 3 is 1.97 bits per heavy atom. The van der Waals surface area contributed by atoms with Crippen molar-refractivity contribution in [3.8, 4) is 0 Å². The molecule has 1 aromatic carbocycles. The second-order valence-corrected chi connectivity index (χ2v) is 7.54. The standard InChI is InChI=1S/C21H27FN6O/c22-17-7-3-4-8-18(17)23-21(29)28-15-13-27(14-16-28)20-10-9-19(24-25-20)26-11-5-1-2-6-12-26/h3-4,7-10H,1-2,5-6,11-16H2,(H,23,29).